The lowest BCUT2D eigenvalue weighted by Gasteiger charge is -2.19. The lowest BCUT2D eigenvalue weighted by atomic mass is 10.1. The molecule has 0 bridgehead atoms. The van der Waals surface area contributed by atoms with Crippen LogP contribution >= 0.6 is 0 Å². The molecule has 1 heterocycles. The van der Waals surface area contributed by atoms with Crippen molar-refractivity contribution >= 4 is 0 Å². The smallest absolute Gasteiger partial charge is 0.0811 e. The Hall–Kier alpha value is -0.120. The molecule has 0 aromatic heterocycles. The fraction of sp³-hybridized carbons (Fsp3) is 1.00. The summed E-state index contributed by atoms with van der Waals surface area (Å²) in [7, 11) is 0. The Labute approximate surface area is 69.3 Å². The molecule has 11 heavy (non-hydrogen) atoms. The van der Waals surface area contributed by atoms with Gasteiger partial charge in [-0.15, -0.1) is 0 Å². The van der Waals surface area contributed by atoms with Crippen LogP contribution in [-0.2, 0) is 4.84 Å². The summed E-state index contributed by atoms with van der Waals surface area (Å²) in [5.74, 6) is 4.98. The van der Waals surface area contributed by atoms with Crippen molar-refractivity contribution in [2.24, 2.45) is 5.90 Å². The van der Waals surface area contributed by atoms with Crippen molar-refractivity contribution < 1.29 is 4.84 Å². The molecule has 1 saturated heterocycles. The minimum atomic E-state index is 0.302. The average Bonchev–Trinajstić information content (AvgIpc) is 2.08. The summed E-state index contributed by atoms with van der Waals surface area (Å²) in [6.07, 6.45) is 3.66. The van der Waals surface area contributed by atoms with Crippen LogP contribution in [0.25, 0.3) is 0 Å². The van der Waals surface area contributed by atoms with Crippen molar-refractivity contribution in [3.63, 3.8) is 0 Å². The summed E-state index contributed by atoms with van der Waals surface area (Å²) < 4.78 is 0. The van der Waals surface area contributed by atoms with Crippen LogP contribution in [0.5, 0.6) is 0 Å². The Morgan fingerprint density at radius 3 is 2.09 bits per heavy atom. The van der Waals surface area contributed by atoms with Crippen molar-refractivity contribution in [1.29, 1.82) is 0 Å². The van der Waals surface area contributed by atoms with Crippen LogP contribution < -0.4 is 11.2 Å². The number of nitrogens with two attached hydrogens (primary N) is 1. The van der Waals surface area contributed by atoms with E-state index in [0.29, 0.717) is 6.10 Å². The zero-order valence-electron chi connectivity index (χ0n) is 7.60. The SMILES string of the molecule is CCC.NOC1CCNCC1. The van der Waals surface area contributed by atoms with Gasteiger partial charge in [0.15, 0.2) is 0 Å². The predicted molar refractivity (Wildman–Crippen MR) is 47.1 cm³/mol. The Bertz CT molecular complexity index is 72.5. The third-order valence-corrected chi connectivity index (χ3v) is 1.48. The van der Waals surface area contributed by atoms with E-state index in [1.54, 1.807) is 0 Å². The maximum absolute atomic E-state index is 4.98. The second kappa shape index (κ2) is 7.98. The highest BCUT2D eigenvalue weighted by molar-refractivity contribution is 4.66. The second-order valence-electron chi connectivity index (χ2n) is 2.79. The maximum atomic E-state index is 4.98. The molecular formula is C8H20N2O. The molecule has 3 N–H and O–H groups in total. The van der Waals surface area contributed by atoms with E-state index < -0.39 is 0 Å². The topological polar surface area (TPSA) is 47.3 Å². The van der Waals surface area contributed by atoms with Crippen molar-refractivity contribution in [1.82, 2.24) is 5.32 Å². The Balaban J connectivity index is 0.000000292. The van der Waals surface area contributed by atoms with Gasteiger partial charge in [-0.3, -0.25) is 0 Å². The number of piperidine rings is 1. The van der Waals surface area contributed by atoms with E-state index in [-0.39, 0.29) is 0 Å². The molecule has 0 radical (unpaired) electrons. The van der Waals surface area contributed by atoms with E-state index in [9.17, 15) is 0 Å². The fourth-order valence-electron chi connectivity index (χ4n) is 0.932. The molecule has 0 unspecified atom stereocenters. The van der Waals surface area contributed by atoms with E-state index in [2.05, 4.69) is 24.0 Å². The van der Waals surface area contributed by atoms with Crippen LogP contribution in [0.1, 0.15) is 33.1 Å². The molecule has 3 heteroatoms. The largest absolute Gasteiger partial charge is 0.317 e. The van der Waals surface area contributed by atoms with Crippen molar-refractivity contribution in [2.45, 2.75) is 39.2 Å². The molecule has 3 nitrogen and oxygen atoms in total. The highest BCUT2D eigenvalue weighted by Gasteiger charge is 2.10. The number of rotatable bonds is 1. The molecule has 0 aliphatic carbocycles. The lowest BCUT2D eigenvalue weighted by Crippen LogP contribution is -2.33. The monoisotopic (exact) mass is 160 g/mol. The van der Waals surface area contributed by atoms with Crippen LogP contribution in [0, 0.1) is 0 Å². The molecule has 0 amide bonds. The second-order valence-corrected chi connectivity index (χ2v) is 2.79. The summed E-state index contributed by atoms with van der Waals surface area (Å²) in [5, 5.41) is 3.21. The first-order valence-electron chi connectivity index (χ1n) is 4.41. The Kier molecular flexibility index (Phi) is 7.89. The molecule has 0 spiro atoms. The first-order valence-corrected chi connectivity index (χ1v) is 4.41. The van der Waals surface area contributed by atoms with Gasteiger partial charge in [0.25, 0.3) is 0 Å². The molecular weight excluding hydrogens is 140 g/mol. The van der Waals surface area contributed by atoms with Crippen LogP contribution in [-0.4, -0.2) is 19.2 Å². The zero-order valence-corrected chi connectivity index (χ0v) is 7.60. The summed E-state index contributed by atoms with van der Waals surface area (Å²) in [4.78, 5) is 4.65. The van der Waals surface area contributed by atoms with Crippen LogP contribution in [0.2, 0.25) is 0 Å². The summed E-state index contributed by atoms with van der Waals surface area (Å²) in [6, 6.07) is 0. The molecule has 1 aliphatic rings. The third-order valence-electron chi connectivity index (χ3n) is 1.48. The third kappa shape index (κ3) is 6.28. The molecule has 68 valence electrons. The first kappa shape index (κ1) is 10.9. The molecule has 0 aromatic carbocycles. The average molecular weight is 160 g/mol. The Morgan fingerprint density at radius 2 is 1.82 bits per heavy atom. The minimum absolute atomic E-state index is 0.302. The minimum Gasteiger partial charge on any atom is -0.317 e. The normalized spacial score (nSPS) is 18.8. The highest BCUT2D eigenvalue weighted by Crippen LogP contribution is 2.02. The van der Waals surface area contributed by atoms with Crippen LogP contribution in [0.15, 0.2) is 0 Å². The van der Waals surface area contributed by atoms with E-state index in [1.165, 1.54) is 6.42 Å². The number of hydrogen-bond acceptors (Lipinski definition) is 3. The van der Waals surface area contributed by atoms with Gasteiger partial charge in [0.1, 0.15) is 0 Å². The van der Waals surface area contributed by atoms with Gasteiger partial charge >= 0.3 is 0 Å². The van der Waals surface area contributed by atoms with E-state index in [4.69, 9.17) is 5.90 Å². The van der Waals surface area contributed by atoms with Gasteiger partial charge in [-0.1, -0.05) is 20.3 Å². The molecule has 1 aliphatic heterocycles. The van der Waals surface area contributed by atoms with Gasteiger partial charge in [-0.05, 0) is 25.9 Å². The maximum Gasteiger partial charge on any atom is 0.0811 e. The molecule has 1 fully saturated rings. The van der Waals surface area contributed by atoms with Gasteiger partial charge in [0.2, 0.25) is 0 Å². The molecule has 0 atom stereocenters. The van der Waals surface area contributed by atoms with Gasteiger partial charge in [-0.2, -0.15) is 0 Å². The fourth-order valence-corrected chi connectivity index (χ4v) is 0.932. The number of hydrogen-bond donors (Lipinski definition) is 2. The highest BCUT2D eigenvalue weighted by atomic mass is 16.6. The lowest BCUT2D eigenvalue weighted by molar-refractivity contribution is 0.0325. The van der Waals surface area contributed by atoms with Gasteiger partial charge in [0, 0.05) is 0 Å². The number of nitrogens with one attached hydrogen (secondary N) is 1. The predicted octanol–water partition coefficient (Wildman–Crippen LogP) is 1.04. The zero-order chi connectivity index (χ0) is 8.53. The molecule has 0 saturated carbocycles. The molecule has 0 aromatic rings. The quantitative estimate of drug-likeness (QED) is 0.563. The van der Waals surface area contributed by atoms with Crippen molar-refractivity contribution in [2.75, 3.05) is 13.1 Å². The van der Waals surface area contributed by atoms with E-state index in [0.717, 1.165) is 25.9 Å². The Morgan fingerprint density at radius 1 is 1.36 bits per heavy atom. The van der Waals surface area contributed by atoms with E-state index in [1.807, 2.05) is 0 Å². The van der Waals surface area contributed by atoms with Gasteiger partial charge < -0.3 is 10.2 Å². The van der Waals surface area contributed by atoms with Gasteiger partial charge in [-0.25, -0.2) is 5.90 Å². The van der Waals surface area contributed by atoms with Gasteiger partial charge in [0.05, 0.1) is 6.10 Å². The first-order chi connectivity index (χ1) is 5.35. The summed E-state index contributed by atoms with van der Waals surface area (Å²) in [5.41, 5.74) is 0. The van der Waals surface area contributed by atoms with Crippen molar-refractivity contribution in [3.8, 4) is 0 Å². The molecule has 1 rings (SSSR count). The van der Waals surface area contributed by atoms with Crippen molar-refractivity contribution in [3.05, 3.63) is 0 Å². The standard InChI is InChI=1S/C5H12N2O.C3H8/c6-8-5-1-3-7-4-2-5;1-3-2/h5,7H,1-4,6H2;3H2,1-2H3. The van der Waals surface area contributed by atoms with Crippen LogP contribution in [0.4, 0.5) is 0 Å². The van der Waals surface area contributed by atoms with Crippen LogP contribution in [0.3, 0.4) is 0 Å². The summed E-state index contributed by atoms with van der Waals surface area (Å²) >= 11 is 0. The van der Waals surface area contributed by atoms with E-state index >= 15 is 0 Å². The summed E-state index contributed by atoms with van der Waals surface area (Å²) in [6.45, 7) is 6.34.